The predicted octanol–water partition coefficient (Wildman–Crippen LogP) is 4.20. The summed E-state index contributed by atoms with van der Waals surface area (Å²) >= 11 is 0. The monoisotopic (exact) mass is 210 g/mol. The lowest BCUT2D eigenvalue weighted by molar-refractivity contribution is 1.14. The van der Waals surface area contributed by atoms with Crippen molar-refractivity contribution in [2.24, 2.45) is 0 Å². The maximum Gasteiger partial charge on any atom is -0.00230 e. The number of rotatable bonds is 2. The Morgan fingerprint density at radius 1 is 0.812 bits per heavy atom. The molecule has 0 saturated heterocycles. The molecule has 0 unspecified atom stereocenters. The summed E-state index contributed by atoms with van der Waals surface area (Å²) in [5.41, 5.74) is 6.89. The minimum atomic E-state index is 1.04. The van der Waals surface area contributed by atoms with Crippen LogP contribution < -0.4 is 0 Å². The molecule has 0 aliphatic rings. The fourth-order valence-corrected chi connectivity index (χ4v) is 2.09. The minimum absolute atomic E-state index is 1.04. The molecule has 16 heavy (non-hydrogen) atoms. The number of aryl methyl sites for hydroxylation is 3. The number of benzene rings is 2. The van der Waals surface area contributed by atoms with Crippen molar-refractivity contribution < 1.29 is 0 Å². The molecule has 0 heterocycles. The van der Waals surface area contributed by atoms with E-state index in [1.807, 2.05) is 0 Å². The van der Waals surface area contributed by atoms with Crippen LogP contribution in [0.5, 0.6) is 0 Å². The molecule has 0 nitrogen and oxygen atoms in total. The standard InChI is InChI=1S/C16H18/c1-12-5-4-6-15(10-12)11-16-8-7-13(2)9-14(16)3/h4-10H,11H2,1-3H3. The second kappa shape index (κ2) is 4.52. The summed E-state index contributed by atoms with van der Waals surface area (Å²) in [7, 11) is 0. The van der Waals surface area contributed by atoms with Gasteiger partial charge in [0, 0.05) is 0 Å². The average Bonchev–Trinajstić information content (AvgIpc) is 2.22. The first-order valence-corrected chi connectivity index (χ1v) is 5.77. The van der Waals surface area contributed by atoms with Gasteiger partial charge in [-0.1, -0.05) is 53.6 Å². The predicted molar refractivity (Wildman–Crippen MR) is 69.9 cm³/mol. The lowest BCUT2D eigenvalue weighted by atomic mass is 9.98. The van der Waals surface area contributed by atoms with E-state index in [-0.39, 0.29) is 0 Å². The molecule has 0 aliphatic carbocycles. The first kappa shape index (κ1) is 10.9. The van der Waals surface area contributed by atoms with Crippen molar-refractivity contribution in [3.05, 3.63) is 70.3 Å². The van der Waals surface area contributed by atoms with Gasteiger partial charge < -0.3 is 0 Å². The highest BCUT2D eigenvalue weighted by Gasteiger charge is 2.00. The van der Waals surface area contributed by atoms with Gasteiger partial charge >= 0.3 is 0 Å². The Bertz CT molecular complexity index is 495. The van der Waals surface area contributed by atoms with Crippen LogP contribution >= 0.6 is 0 Å². The van der Waals surface area contributed by atoms with Crippen molar-refractivity contribution >= 4 is 0 Å². The number of hydrogen-bond donors (Lipinski definition) is 0. The van der Waals surface area contributed by atoms with Crippen molar-refractivity contribution in [3.63, 3.8) is 0 Å². The molecule has 82 valence electrons. The van der Waals surface area contributed by atoms with Crippen LogP contribution in [-0.4, -0.2) is 0 Å². The van der Waals surface area contributed by atoms with E-state index in [1.165, 1.54) is 27.8 Å². The van der Waals surface area contributed by atoms with E-state index in [2.05, 4.69) is 63.2 Å². The summed E-state index contributed by atoms with van der Waals surface area (Å²) in [5, 5.41) is 0. The highest BCUT2D eigenvalue weighted by Crippen LogP contribution is 2.16. The van der Waals surface area contributed by atoms with Gasteiger partial charge in [-0.2, -0.15) is 0 Å². The van der Waals surface area contributed by atoms with E-state index in [4.69, 9.17) is 0 Å². The zero-order chi connectivity index (χ0) is 11.5. The van der Waals surface area contributed by atoms with Crippen LogP contribution in [0.3, 0.4) is 0 Å². The summed E-state index contributed by atoms with van der Waals surface area (Å²) in [5.74, 6) is 0. The van der Waals surface area contributed by atoms with Crippen LogP contribution in [0.25, 0.3) is 0 Å². The van der Waals surface area contributed by atoms with Gasteiger partial charge in [0.1, 0.15) is 0 Å². The molecule has 0 N–H and O–H groups in total. The third kappa shape index (κ3) is 2.52. The summed E-state index contributed by atoms with van der Waals surface area (Å²) in [6, 6.07) is 15.4. The smallest absolute Gasteiger partial charge is 0.00230 e. The lowest BCUT2D eigenvalue weighted by Gasteiger charge is -2.07. The normalized spacial score (nSPS) is 10.4. The molecule has 0 bridgehead atoms. The molecule has 0 radical (unpaired) electrons. The molecular formula is C16H18. The number of hydrogen-bond acceptors (Lipinski definition) is 0. The average molecular weight is 210 g/mol. The Morgan fingerprint density at radius 2 is 1.56 bits per heavy atom. The van der Waals surface area contributed by atoms with Crippen molar-refractivity contribution in [2.75, 3.05) is 0 Å². The summed E-state index contributed by atoms with van der Waals surface area (Å²) < 4.78 is 0. The Morgan fingerprint density at radius 3 is 2.25 bits per heavy atom. The third-order valence-electron chi connectivity index (χ3n) is 2.98. The fraction of sp³-hybridized carbons (Fsp3) is 0.250. The van der Waals surface area contributed by atoms with Gasteiger partial charge in [-0.3, -0.25) is 0 Å². The van der Waals surface area contributed by atoms with Crippen molar-refractivity contribution in [1.29, 1.82) is 0 Å². The van der Waals surface area contributed by atoms with Gasteiger partial charge in [0.25, 0.3) is 0 Å². The maximum atomic E-state index is 2.26. The Kier molecular flexibility index (Phi) is 3.09. The maximum absolute atomic E-state index is 2.26. The molecule has 0 aliphatic heterocycles. The molecular weight excluding hydrogens is 192 g/mol. The van der Waals surface area contributed by atoms with Crippen LogP contribution in [0, 0.1) is 20.8 Å². The van der Waals surface area contributed by atoms with E-state index >= 15 is 0 Å². The molecule has 0 heteroatoms. The van der Waals surface area contributed by atoms with E-state index in [0.717, 1.165) is 6.42 Å². The Labute approximate surface area is 97.9 Å². The SMILES string of the molecule is Cc1cccc(Cc2ccc(C)cc2C)c1. The molecule has 0 amide bonds. The van der Waals surface area contributed by atoms with Crippen LogP contribution in [0.4, 0.5) is 0 Å². The third-order valence-corrected chi connectivity index (χ3v) is 2.98. The van der Waals surface area contributed by atoms with Crippen LogP contribution in [-0.2, 0) is 6.42 Å². The van der Waals surface area contributed by atoms with Gasteiger partial charge in [-0.05, 0) is 43.9 Å². The summed E-state index contributed by atoms with van der Waals surface area (Å²) in [4.78, 5) is 0. The van der Waals surface area contributed by atoms with Gasteiger partial charge in [-0.25, -0.2) is 0 Å². The van der Waals surface area contributed by atoms with E-state index in [1.54, 1.807) is 0 Å². The van der Waals surface area contributed by atoms with Crippen LogP contribution in [0.15, 0.2) is 42.5 Å². The Balaban J connectivity index is 2.27. The minimum Gasteiger partial charge on any atom is -0.0617 e. The van der Waals surface area contributed by atoms with E-state index < -0.39 is 0 Å². The zero-order valence-electron chi connectivity index (χ0n) is 10.2. The lowest BCUT2D eigenvalue weighted by Crippen LogP contribution is -1.92. The largest absolute Gasteiger partial charge is 0.0617 e. The highest BCUT2D eigenvalue weighted by molar-refractivity contribution is 5.35. The molecule has 0 spiro atoms. The van der Waals surface area contributed by atoms with Gasteiger partial charge in [-0.15, -0.1) is 0 Å². The second-order valence-electron chi connectivity index (χ2n) is 4.60. The molecule has 2 aromatic carbocycles. The second-order valence-corrected chi connectivity index (χ2v) is 4.60. The van der Waals surface area contributed by atoms with Gasteiger partial charge in [0.05, 0.1) is 0 Å². The van der Waals surface area contributed by atoms with Gasteiger partial charge in [0.15, 0.2) is 0 Å². The zero-order valence-corrected chi connectivity index (χ0v) is 10.2. The molecule has 0 atom stereocenters. The van der Waals surface area contributed by atoms with Crippen LogP contribution in [0.1, 0.15) is 27.8 Å². The Hall–Kier alpha value is -1.56. The van der Waals surface area contributed by atoms with Gasteiger partial charge in [0.2, 0.25) is 0 Å². The molecule has 0 aromatic heterocycles. The van der Waals surface area contributed by atoms with E-state index in [0.29, 0.717) is 0 Å². The fourth-order valence-electron chi connectivity index (χ4n) is 2.09. The first-order chi connectivity index (χ1) is 7.65. The van der Waals surface area contributed by atoms with Crippen molar-refractivity contribution in [1.82, 2.24) is 0 Å². The van der Waals surface area contributed by atoms with Crippen molar-refractivity contribution in [3.8, 4) is 0 Å². The summed E-state index contributed by atoms with van der Waals surface area (Å²) in [6.45, 7) is 6.48. The van der Waals surface area contributed by atoms with E-state index in [9.17, 15) is 0 Å². The molecule has 2 rings (SSSR count). The topological polar surface area (TPSA) is 0 Å². The molecule has 2 aromatic rings. The quantitative estimate of drug-likeness (QED) is 0.696. The first-order valence-electron chi connectivity index (χ1n) is 5.77. The summed E-state index contributed by atoms with van der Waals surface area (Å²) in [6.07, 6.45) is 1.04. The van der Waals surface area contributed by atoms with Crippen molar-refractivity contribution in [2.45, 2.75) is 27.2 Å². The molecule has 0 saturated carbocycles. The molecule has 0 fully saturated rings. The van der Waals surface area contributed by atoms with Crippen LogP contribution in [0.2, 0.25) is 0 Å². The highest BCUT2D eigenvalue weighted by atomic mass is 14.1.